The molecule has 106 valence electrons. The lowest BCUT2D eigenvalue weighted by Crippen LogP contribution is -2.50. The molecule has 4 unspecified atom stereocenters. The Labute approximate surface area is 121 Å². The first-order valence-corrected chi connectivity index (χ1v) is 8.25. The molecule has 2 N–H and O–H groups in total. The van der Waals surface area contributed by atoms with E-state index in [2.05, 4.69) is 68.6 Å². The number of hydrogen-bond donors (Lipinski definition) is 1. The molecule has 1 heterocycles. The third-order valence-corrected chi connectivity index (χ3v) is 5.51. The van der Waals surface area contributed by atoms with Gasteiger partial charge in [-0.2, -0.15) is 11.8 Å². The molecule has 0 aromatic heterocycles. The first-order valence-electron chi connectivity index (χ1n) is 7.20. The van der Waals surface area contributed by atoms with Gasteiger partial charge in [0.15, 0.2) is 0 Å². The average Bonchev–Trinajstić information content (AvgIpc) is 2.34. The minimum Gasteiger partial charge on any atom is -0.326 e. The van der Waals surface area contributed by atoms with Gasteiger partial charge in [0.25, 0.3) is 0 Å². The molecular weight excluding hydrogens is 252 g/mol. The van der Waals surface area contributed by atoms with E-state index in [1.807, 2.05) is 0 Å². The Bertz CT molecular complexity index is 419. The molecular formula is C16H26N2S. The van der Waals surface area contributed by atoms with Crippen LogP contribution in [0, 0.1) is 6.92 Å². The van der Waals surface area contributed by atoms with Gasteiger partial charge in [-0.25, -0.2) is 0 Å². The molecule has 19 heavy (non-hydrogen) atoms. The molecule has 1 aliphatic rings. The van der Waals surface area contributed by atoms with E-state index >= 15 is 0 Å². The molecule has 0 amide bonds. The molecule has 0 spiro atoms. The van der Waals surface area contributed by atoms with Gasteiger partial charge >= 0.3 is 0 Å². The van der Waals surface area contributed by atoms with Gasteiger partial charge in [0, 0.05) is 35.7 Å². The maximum absolute atomic E-state index is 6.31. The fraction of sp³-hybridized carbons (Fsp3) is 0.625. The zero-order valence-electron chi connectivity index (χ0n) is 12.5. The lowest BCUT2D eigenvalue weighted by Gasteiger charge is -2.44. The van der Waals surface area contributed by atoms with Crippen molar-refractivity contribution in [3.63, 3.8) is 0 Å². The van der Waals surface area contributed by atoms with Gasteiger partial charge < -0.3 is 5.73 Å². The molecule has 0 saturated carbocycles. The minimum absolute atomic E-state index is 0.152. The van der Waals surface area contributed by atoms with Crippen LogP contribution in [0.5, 0.6) is 0 Å². The Kier molecular flexibility index (Phi) is 4.93. The Morgan fingerprint density at radius 1 is 1.37 bits per heavy atom. The normalized spacial score (nSPS) is 28.1. The number of nitrogens with zero attached hydrogens (tertiary/aromatic N) is 1. The summed E-state index contributed by atoms with van der Waals surface area (Å²) in [6.45, 7) is 10.1. The van der Waals surface area contributed by atoms with E-state index in [1.165, 1.54) is 16.9 Å². The molecule has 1 aliphatic heterocycles. The molecule has 1 fully saturated rings. The molecule has 0 aliphatic carbocycles. The van der Waals surface area contributed by atoms with Crippen molar-refractivity contribution in [2.75, 3.05) is 12.3 Å². The summed E-state index contributed by atoms with van der Waals surface area (Å²) >= 11 is 2.07. The largest absolute Gasteiger partial charge is 0.326 e. The van der Waals surface area contributed by atoms with Gasteiger partial charge in [-0.15, -0.1) is 0 Å². The summed E-state index contributed by atoms with van der Waals surface area (Å²) in [5.41, 5.74) is 8.99. The zero-order valence-corrected chi connectivity index (χ0v) is 13.3. The van der Waals surface area contributed by atoms with Crippen LogP contribution in [0.25, 0.3) is 0 Å². The van der Waals surface area contributed by atoms with Crippen molar-refractivity contribution in [3.05, 3.63) is 35.4 Å². The minimum atomic E-state index is 0.152. The average molecular weight is 278 g/mol. The highest BCUT2D eigenvalue weighted by Gasteiger charge is 2.33. The quantitative estimate of drug-likeness (QED) is 0.920. The molecule has 1 saturated heterocycles. The second kappa shape index (κ2) is 6.29. The summed E-state index contributed by atoms with van der Waals surface area (Å²) in [6.07, 6.45) is 0. The zero-order chi connectivity index (χ0) is 14.0. The maximum Gasteiger partial charge on any atom is 0.0500 e. The van der Waals surface area contributed by atoms with E-state index in [-0.39, 0.29) is 6.04 Å². The fourth-order valence-corrected chi connectivity index (χ4v) is 4.12. The number of hydrogen-bond acceptors (Lipinski definition) is 3. The lowest BCUT2D eigenvalue weighted by molar-refractivity contribution is 0.130. The van der Waals surface area contributed by atoms with Gasteiger partial charge in [0.05, 0.1) is 0 Å². The van der Waals surface area contributed by atoms with Crippen LogP contribution in [0.3, 0.4) is 0 Å². The van der Waals surface area contributed by atoms with Crippen molar-refractivity contribution >= 4 is 11.8 Å². The van der Waals surface area contributed by atoms with E-state index < -0.39 is 0 Å². The van der Waals surface area contributed by atoms with Crippen molar-refractivity contribution in [3.8, 4) is 0 Å². The summed E-state index contributed by atoms with van der Waals surface area (Å²) in [5.74, 6) is 1.21. The Morgan fingerprint density at radius 3 is 2.74 bits per heavy atom. The van der Waals surface area contributed by atoms with Crippen LogP contribution in [0.2, 0.25) is 0 Å². The van der Waals surface area contributed by atoms with Crippen molar-refractivity contribution in [2.45, 2.75) is 51.1 Å². The van der Waals surface area contributed by atoms with Crippen LogP contribution in [0.15, 0.2) is 24.3 Å². The summed E-state index contributed by atoms with van der Waals surface area (Å²) < 4.78 is 0. The van der Waals surface area contributed by atoms with E-state index in [1.54, 1.807) is 0 Å². The van der Waals surface area contributed by atoms with Crippen molar-refractivity contribution in [1.29, 1.82) is 0 Å². The van der Waals surface area contributed by atoms with Crippen molar-refractivity contribution in [2.24, 2.45) is 5.73 Å². The Balaban J connectivity index is 2.29. The molecule has 1 aromatic rings. The predicted octanol–water partition coefficient (Wildman–Crippen LogP) is 3.21. The highest BCUT2D eigenvalue weighted by Crippen LogP contribution is 2.33. The molecule has 2 nitrogen and oxygen atoms in total. The van der Waals surface area contributed by atoms with Crippen LogP contribution in [-0.4, -0.2) is 34.5 Å². The molecule has 2 rings (SSSR count). The van der Waals surface area contributed by atoms with Gasteiger partial charge in [0.2, 0.25) is 0 Å². The number of nitrogens with two attached hydrogens (primary N) is 1. The third-order valence-electron chi connectivity index (χ3n) is 4.17. The van der Waals surface area contributed by atoms with Crippen LogP contribution in [0.1, 0.15) is 37.9 Å². The van der Waals surface area contributed by atoms with E-state index in [0.29, 0.717) is 17.3 Å². The van der Waals surface area contributed by atoms with Gasteiger partial charge in [-0.3, -0.25) is 4.90 Å². The first kappa shape index (κ1) is 14.9. The predicted molar refractivity (Wildman–Crippen MR) is 85.7 cm³/mol. The Morgan fingerprint density at radius 2 is 2.11 bits per heavy atom. The summed E-state index contributed by atoms with van der Waals surface area (Å²) in [4.78, 5) is 2.60. The maximum atomic E-state index is 6.31. The molecule has 3 heteroatoms. The first-order chi connectivity index (χ1) is 9.00. The van der Waals surface area contributed by atoms with Crippen LogP contribution < -0.4 is 5.73 Å². The summed E-state index contributed by atoms with van der Waals surface area (Å²) in [5, 5.41) is 0.680. The second-order valence-corrected chi connectivity index (χ2v) is 7.26. The van der Waals surface area contributed by atoms with E-state index in [9.17, 15) is 0 Å². The third kappa shape index (κ3) is 3.33. The highest BCUT2D eigenvalue weighted by atomic mass is 32.2. The standard InChI is InChI=1S/C16H26N2S/c1-11-6-5-7-15(10-11)16(12(2)17)18-8-9-19-14(4)13(18)3/h5-7,10,12-14,16H,8-9,17H2,1-4H3. The Hall–Kier alpha value is -0.510. The van der Waals surface area contributed by atoms with Gasteiger partial charge in [0.1, 0.15) is 0 Å². The fourth-order valence-electron chi connectivity index (χ4n) is 3.00. The molecule has 4 atom stereocenters. The van der Waals surface area contributed by atoms with E-state index in [4.69, 9.17) is 5.73 Å². The summed E-state index contributed by atoms with van der Waals surface area (Å²) in [6, 6.07) is 9.87. The van der Waals surface area contributed by atoms with Crippen LogP contribution >= 0.6 is 11.8 Å². The second-order valence-electron chi connectivity index (χ2n) is 5.77. The summed E-state index contributed by atoms with van der Waals surface area (Å²) in [7, 11) is 0. The number of thioether (sulfide) groups is 1. The van der Waals surface area contributed by atoms with Crippen molar-refractivity contribution in [1.82, 2.24) is 4.90 Å². The number of rotatable bonds is 3. The number of aryl methyl sites for hydroxylation is 1. The highest BCUT2D eigenvalue weighted by molar-refractivity contribution is 8.00. The molecule has 0 bridgehead atoms. The molecule has 0 radical (unpaired) electrons. The monoisotopic (exact) mass is 278 g/mol. The van der Waals surface area contributed by atoms with Gasteiger partial charge in [-0.05, 0) is 26.3 Å². The van der Waals surface area contributed by atoms with E-state index in [0.717, 1.165) is 6.54 Å². The van der Waals surface area contributed by atoms with Crippen LogP contribution in [0.4, 0.5) is 0 Å². The van der Waals surface area contributed by atoms with Crippen molar-refractivity contribution < 1.29 is 0 Å². The van der Waals surface area contributed by atoms with Gasteiger partial charge in [-0.1, -0.05) is 36.8 Å². The topological polar surface area (TPSA) is 29.3 Å². The SMILES string of the molecule is Cc1cccc(C(C(C)N)N2CCSC(C)C2C)c1. The van der Waals surface area contributed by atoms with Crippen LogP contribution in [-0.2, 0) is 0 Å². The molecule has 1 aromatic carbocycles. The smallest absolute Gasteiger partial charge is 0.0500 e. The number of benzene rings is 1. The lowest BCUT2D eigenvalue weighted by atomic mass is 9.95.